The van der Waals surface area contributed by atoms with Crippen molar-refractivity contribution >= 4 is 21.5 Å². The van der Waals surface area contributed by atoms with Crippen LogP contribution in [0.4, 0.5) is 0 Å². The van der Waals surface area contributed by atoms with Crippen LogP contribution in [0.5, 0.6) is 0 Å². The molecule has 0 spiro atoms. The maximum Gasteiger partial charge on any atom is 0.0926 e. The molecule has 0 fully saturated rings. The molecule has 0 N–H and O–H groups in total. The standard InChI is InChI=1S/C26H20N4/c27-15-25(23-11-9-19-5-1-3-7-21(19)13-23)17-29-30-18-26(16-28)24-12-10-20-6-2-4-8-22(20)14-24/h1-14,25-26H,17-18H2. The average molecular weight is 388 g/mol. The Balaban J connectivity index is 1.44. The lowest BCUT2D eigenvalue weighted by molar-refractivity contribution is 0.748. The van der Waals surface area contributed by atoms with E-state index in [1.54, 1.807) is 0 Å². The Kier molecular flexibility index (Phi) is 5.78. The number of nitrogens with zero attached hydrogens (tertiary/aromatic N) is 4. The Labute approximate surface area is 175 Å². The highest BCUT2D eigenvalue weighted by atomic mass is 15.1. The Bertz CT molecular complexity index is 1190. The number of rotatable bonds is 6. The molecule has 30 heavy (non-hydrogen) atoms. The first-order valence-corrected chi connectivity index (χ1v) is 9.88. The van der Waals surface area contributed by atoms with E-state index in [0.29, 0.717) is 0 Å². The van der Waals surface area contributed by atoms with Gasteiger partial charge >= 0.3 is 0 Å². The van der Waals surface area contributed by atoms with E-state index in [1.807, 2.05) is 72.8 Å². The van der Waals surface area contributed by atoms with Crippen molar-refractivity contribution in [1.29, 1.82) is 10.5 Å². The lowest BCUT2D eigenvalue weighted by Gasteiger charge is -2.09. The van der Waals surface area contributed by atoms with Gasteiger partial charge in [-0.15, -0.1) is 0 Å². The number of fused-ring (bicyclic) bond motifs is 2. The molecule has 0 radical (unpaired) electrons. The predicted molar refractivity (Wildman–Crippen MR) is 119 cm³/mol. The molecule has 0 saturated carbocycles. The molecule has 0 aliphatic rings. The summed E-state index contributed by atoms with van der Waals surface area (Å²) in [5.74, 6) is -0.723. The van der Waals surface area contributed by atoms with Crippen molar-refractivity contribution in [2.75, 3.05) is 13.1 Å². The summed E-state index contributed by atoms with van der Waals surface area (Å²) in [6.45, 7) is 0.565. The third kappa shape index (κ3) is 4.19. The lowest BCUT2D eigenvalue weighted by atomic mass is 9.97. The minimum absolute atomic E-state index is 0.282. The lowest BCUT2D eigenvalue weighted by Crippen LogP contribution is -2.02. The van der Waals surface area contributed by atoms with Crippen molar-refractivity contribution in [1.82, 2.24) is 0 Å². The first-order valence-electron chi connectivity index (χ1n) is 9.88. The number of nitriles is 2. The summed E-state index contributed by atoms with van der Waals surface area (Å²) in [5.41, 5.74) is 1.86. The molecule has 144 valence electrons. The van der Waals surface area contributed by atoms with Crippen LogP contribution in [0.2, 0.25) is 0 Å². The van der Waals surface area contributed by atoms with E-state index in [2.05, 4.69) is 34.5 Å². The smallest absolute Gasteiger partial charge is 0.0926 e. The van der Waals surface area contributed by atoms with Gasteiger partial charge in [0.15, 0.2) is 0 Å². The zero-order valence-corrected chi connectivity index (χ0v) is 16.4. The number of benzene rings is 4. The monoisotopic (exact) mass is 388 g/mol. The third-order valence-electron chi connectivity index (χ3n) is 5.29. The topological polar surface area (TPSA) is 72.3 Å². The first kappa shape index (κ1) is 19.3. The maximum absolute atomic E-state index is 9.58. The second-order valence-electron chi connectivity index (χ2n) is 7.22. The molecule has 0 saturated heterocycles. The second-order valence-corrected chi connectivity index (χ2v) is 7.22. The second kappa shape index (κ2) is 8.99. The van der Waals surface area contributed by atoms with Crippen LogP contribution in [0.1, 0.15) is 23.0 Å². The predicted octanol–water partition coefficient (Wildman–Crippen LogP) is 6.36. The molecule has 0 heterocycles. The fourth-order valence-electron chi connectivity index (χ4n) is 3.57. The molecule has 2 atom stereocenters. The summed E-state index contributed by atoms with van der Waals surface area (Å²) in [4.78, 5) is 0. The highest BCUT2D eigenvalue weighted by Crippen LogP contribution is 2.24. The molecule has 4 nitrogen and oxygen atoms in total. The molecule has 0 aromatic heterocycles. The van der Waals surface area contributed by atoms with Gasteiger partial charge in [0.1, 0.15) is 0 Å². The van der Waals surface area contributed by atoms with E-state index in [0.717, 1.165) is 32.7 Å². The highest BCUT2D eigenvalue weighted by molar-refractivity contribution is 5.84. The van der Waals surface area contributed by atoms with Crippen LogP contribution in [-0.4, -0.2) is 13.1 Å². The Morgan fingerprint density at radius 3 is 1.37 bits per heavy atom. The van der Waals surface area contributed by atoms with Gasteiger partial charge in [-0.2, -0.15) is 20.8 Å². The molecule has 4 aromatic rings. The van der Waals surface area contributed by atoms with Gasteiger partial charge in [0.2, 0.25) is 0 Å². The fourth-order valence-corrected chi connectivity index (χ4v) is 3.57. The van der Waals surface area contributed by atoms with Crippen molar-refractivity contribution in [2.24, 2.45) is 10.2 Å². The van der Waals surface area contributed by atoms with Crippen LogP contribution in [0.3, 0.4) is 0 Å². The van der Waals surface area contributed by atoms with Crippen LogP contribution in [0.15, 0.2) is 95.2 Å². The molecule has 0 aliphatic heterocycles. The SMILES string of the molecule is N#CC(CN=NCC(C#N)c1ccc2ccccc2c1)c1ccc2ccccc2c1. The van der Waals surface area contributed by atoms with E-state index in [1.165, 1.54) is 0 Å². The van der Waals surface area contributed by atoms with Crippen molar-refractivity contribution in [3.05, 3.63) is 96.1 Å². The number of azo groups is 1. The molecule has 0 aliphatic carbocycles. The van der Waals surface area contributed by atoms with E-state index >= 15 is 0 Å². The van der Waals surface area contributed by atoms with Gasteiger partial charge in [-0.25, -0.2) is 0 Å². The van der Waals surface area contributed by atoms with Gasteiger partial charge in [0.25, 0.3) is 0 Å². The van der Waals surface area contributed by atoms with Gasteiger partial charge in [0, 0.05) is 0 Å². The minimum Gasteiger partial charge on any atom is -0.198 e. The van der Waals surface area contributed by atoms with Crippen LogP contribution in [-0.2, 0) is 0 Å². The summed E-state index contributed by atoms with van der Waals surface area (Å²) >= 11 is 0. The van der Waals surface area contributed by atoms with Crippen molar-refractivity contribution < 1.29 is 0 Å². The third-order valence-corrected chi connectivity index (χ3v) is 5.29. The van der Waals surface area contributed by atoms with E-state index in [9.17, 15) is 10.5 Å². The highest BCUT2D eigenvalue weighted by Gasteiger charge is 2.13. The molecule has 4 aromatic carbocycles. The normalized spacial score (nSPS) is 13.1. The quantitative estimate of drug-likeness (QED) is 0.360. The van der Waals surface area contributed by atoms with Crippen LogP contribution < -0.4 is 0 Å². The molecule has 4 rings (SSSR count). The Morgan fingerprint density at radius 2 is 0.967 bits per heavy atom. The zero-order chi connectivity index (χ0) is 20.8. The summed E-state index contributed by atoms with van der Waals surface area (Å²) in [6.07, 6.45) is 0. The van der Waals surface area contributed by atoms with Crippen LogP contribution >= 0.6 is 0 Å². The molecular weight excluding hydrogens is 368 g/mol. The number of hydrogen-bond acceptors (Lipinski definition) is 4. The Morgan fingerprint density at radius 1 is 0.567 bits per heavy atom. The van der Waals surface area contributed by atoms with E-state index in [-0.39, 0.29) is 24.9 Å². The summed E-state index contributed by atoms with van der Waals surface area (Å²) in [6, 6.07) is 32.8. The van der Waals surface area contributed by atoms with Gasteiger partial charge in [-0.3, -0.25) is 0 Å². The van der Waals surface area contributed by atoms with Crippen molar-refractivity contribution in [3.63, 3.8) is 0 Å². The van der Waals surface area contributed by atoms with Gasteiger partial charge < -0.3 is 0 Å². The average Bonchev–Trinajstić information content (AvgIpc) is 2.81. The number of hydrogen-bond donors (Lipinski definition) is 0. The first-order chi connectivity index (χ1) is 14.8. The van der Waals surface area contributed by atoms with Gasteiger partial charge in [-0.05, 0) is 44.8 Å². The molecular formula is C26H20N4. The molecule has 0 amide bonds. The fraction of sp³-hybridized carbons (Fsp3) is 0.154. The van der Waals surface area contributed by atoms with Crippen LogP contribution in [0, 0.1) is 22.7 Å². The summed E-state index contributed by atoms with van der Waals surface area (Å²) in [5, 5.41) is 32.1. The van der Waals surface area contributed by atoms with E-state index in [4.69, 9.17) is 0 Å². The van der Waals surface area contributed by atoms with E-state index < -0.39 is 0 Å². The molecule has 2 unspecified atom stereocenters. The zero-order valence-electron chi connectivity index (χ0n) is 16.4. The van der Waals surface area contributed by atoms with Crippen molar-refractivity contribution in [2.45, 2.75) is 11.8 Å². The summed E-state index contributed by atoms with van der Waals surface area (Å²) in [7, 11) is 0. The maximum atomic E-state index is 9.58. The van der Waals surface area contributed by atoms with Gasteiger partial charge in [-0.1, -0.05) is 72.8 Å². The summed E-state index contributed by atoms with van der Waals surface area (Å²) < 4.78 is 0. The van der Waals surface area contributed by atoms with Crippen molar-refractivity contribution in [3.8, 4) is 12.1 Å². The van der Waals surface area contributed by atoms with Crippen LogP contribution in [0.25, 0.3) is 21.5 Å². The largest absolute Gasteiger partial charge is 0.198 e. The molecule has 4 heteroatoms. The minimum atomic E-state index is -0.362. The Hall–Kier alpha value is -4.02. The van der Waals surface area contributed by atoms with Gasteiger partial charge in [0.05, 0.1) is 37.1 Å². The molecule has 0 bridgehead atoms.